The van der Waals surface area contributed by atoms with Crippen molar-refractivity contribution in [3.05, 3.63) is 0 Å². The molecule has 0 aromatic heterocycles. The van der Waals surface area contributed by atoms with E-state index in [2.05, 4.69) is 5.32 Å². The summed E-state index contributed by atoms with van der Waals surface area (Å²) in [4.78, 5) is 14.4. The molecule has 1 amide bonds. The van der Waals surface area contributed by atoms with Crippen molar-refractivity contribution in [2.45, 2.75) is 57.7 Å². The van der Waals surface area contributed by atoms with E-state index in [9.17, 15) is 4.79 Å². The van der Waals surface area contributed by atoms with Crippen LogP contribution < -0.4 is 5.32 Å². The van der Waals surface area contributed by atoms with Crippen LogP contribution in [0.4, 0.5) is 0 Å². The highest BCUT2D eigenvalue weighted by Crippen LogP contribution is 2.21. The first-order chi connectivity index (χ1) is 10.7. The van der Waals surface area contributed by atoms with E-state index >= 15 is 0 Å². The molecular formula is C17H32N2O3. The van der Waals surface area contributed by atoms with E-state index in [1.165, 1.54) is 12.8 Å². The molecule has 2 aliphatic heterocycles. The van der Waals surface area contributed by atoms with E-state index in [4.69, 9.17) is 9.47 Å². The Hall–Kier alpha value is -0.650. The van der Waals surface area contributed by atoms with Gasteiger partial charge in [-0.05, 0) is 65.0 Å². The quantitative estimate of drug-likeness (QED) is 0.779. The Morgan fingerprint density at radius 1 is 1.32 bits per heavy atom. The average molecular weight is 312 g/mol. The Morgan fingerprint density at radius 2 is 2.09 bits per heavy atom. The van der Waals surface area contributed by atoms with Crippen LogP contribution in [-0.2, 0) is 14.3 Å². The number of carbonyl (C=O) groups is 1. The van der Waals surface area contributed by atoms with Gasteiger partial charge in [-0.1, -0.05) is 0 Å². The Kier molecular flexibility index (Phi) is 7.63. The number of rotatable bonds is 7. The molecule has 1 N–H and O–H groups in total. The van der Waals surface area contributed by atoms with Crippen molar-refractivity contribution in [1.82, 2.24) is 10.2 Å². The lowest BCUT2D eigenvalue weighted by molar-refractivity contribution is -0.147. The fourth-order valence-electron chi connectivity index (χ4n) is 3.31. The average Bonchev–Trinajstić information content (AvgIpc) is 2.58. The Labute approximate surface area is 134 Å². The molecule has 2 rings (SSSR count). The number of ether oxygens (including phenoxy) is 2. The number of piperidine rings is 1. The maximum absolute atomic E-state index is 12.4. The topological polar surface area (TPSA) is 50.8 Å². The van der Waals surface area contributed by atoms with Gasteiger partial charge in [-0.15, -0.1) is 0 Å². The number of nitrogens with zero attached hydrogens (tertiary/aromatic N) is 1. The van der Waals surface area contributed by atoms with Crippen LogP contribution in [0.2, 0.25) is 0 Å². The van der Waals surface area contributed by atoms with E-state index in [0.29, 0.717) is 6.61 Å². The van der Waals surface area contributed by atoms with Gasteiger partial charge < -0.3 is 19.7 Å². The molecule has 0 aromatic rings. The molecule has 2 fully saturated rings. The molecule has 5 nitrogen and oxygen atoms in total. The predicted molar refractivity (Wildman–Crippen MR) is 86.9 cm³/mol. The second-order valence-corrected chi connectivity index (χ2v) is 6.63. The minimum absolute atomic E-state index is 0.142. The fourth-order valence-corrected chi connectivity index (χ4v) is 3.31. The normalized spacial score (nSPS) is 25.2. The highest BCUT2D eigenvalue weighted by Gasteiger charge is 2.27. The molecule has 0 aliphatic carbocycles. The van der Waals surface area contributed by atoms with Crippen LogP contribution in [-0.4, -0.2) is 62.9 Å². The molecule has 0 radical (unpaired) electrons. The number of likely N-dealkylation sites (tertiary alicyclic amines) is 1. The standard InChI is InChI=1S/C17H32N2O3/c1-14(22-13-16-5-3-4-12-21-16)17(20)19-10-7-15(8-11-19)6-9-18-2/h14-16,18H,3-13H2,1-2H3. The van der Waals surface area contributed by atoms with Crippen LogP contribution in [0.25, 0.3) is 0 Å². The van der Waals surface area contributed by atoms with Crippen LogP contribution in [0.5, 0.6) is 0 Å². The largest absolute Gasteiger partial charge is 0.376 e. The lowest BCUT2D eigenvalue weighted by Gasteiger charge is -2.34. The molecule has 2 heterocycles. The van der Waals surface area contributed by atoms with Gasteiger partial charge in [-0.2, -0.15) is 0 Å². The molecule has 2 aliphatic rings. The summed E-state index contributed by atoms with van der Waals surface area (Å²) < 4.78 is 11.4. The molecule has 128 valence electrons. The third kappa shape index (κ3) is 5.52. The third-order valence-electron chi connectivity index (χ3n) is 4.88. The van der Waals surface area contributed by atoms with Crippen molar-refractivity contribution in [2.24, 2.45) is 5.92 Å². The Morgan fingerprint density at radius 3 is 2.73 bits per heavy atom. The monoisotopic (exact) mass is 312 g/mol. The fraction of sp³-hybridized carbons (Fsp3) is 0.941. The Balaban J connectivity index is 1.65. The summed E-state index contributed by atoms with van der Waals surface area (Å²) in [6, 6.07) is 0. The molecule has 5 heteroatoms. The van der Waals surface area contributed by atoms with Gasteiger partial charge in [0.15, 0.2) is 0 Å². The zero-order chi connectivity index (χ0) is 15.8. The molecule has 22 heavy (non-hydrogen) atoms. The predicted octanol–water partition coefficient (Wildman–Crippen LogP) is 1.81. The smallest absolute Gasteiger partial charge is 0.251 e. The molecule has 0 spiro atoms. The molecule has 2 unspecified atom stereocenters. The molecule has 0 aromatic carbocycles. The summed E-state index contributed by atoms with van der Waals surface area (Å²) in [5.41, 5.74) is 0. The van der Waals surface area contributed by atoms with Crippen molar-refractivity contribution in [3.63, 3.8) is 0 Å². The summed E-state index contributed by atoms with van der Waals surface area (Å²) in [6.07, 6.45) is 6.68. The molecule has 0 saturated carbocycles. The summed E-state index contributed by atoms with van der Waals surface area (Å²) in [5.74, 6) is 0.895. The van der Waals surface area contributed by atoms with Crippen molar-refractivity contribution in [2.75, 3.05) is 39.9 Å². The van der Waals surface area contributed by atoms with E-state index in [1.54, 1.807) is 0 Å². The summed E-state index contributed by atoms with van der Waals surface area (Å²) in [6.45, 7) is 6.07. The minimum atomic E-state index is -0.348. The highest BCUT2D eigenvalue weighted by atomic mass is 16.5. The number of hydrogen-bond donors (Lipinski definition) is 1. The van der Waals surface area contributed by atoms with E-state index < -0.39 is 0 Å². The van der Waals surface area contributed by atoms with Crippen molar-refractivity contribution >= 4 is 5.91 Å². The number of carbonyl (C=O) groups excluding carboxylic acids is 1. The SMILES string of the molecule is CNCCC1CCN(C(=O)C(C)OCC2CCCCO2)CC1. The van der Waals surface area contributed by atoms with E-state index in [-0.39, 0.29) is 18.1 Å². The molecule has 0 bridgehead atoms. The van der Waals surface area contributed by atoms with Crippen LogP contribution in [0.3, 0.4) is 0 Å². The van der Waals surface area contributed by atoms with Gasteiger partial charge in [-0.3, -0.25) is 4.79 Å². The van der Waals surface area contributed by atoms with Gasteiger partial charge >= 0.3 is 0 Å². The first-order valence-corrected chi connectivity index (χ1v) is 8.87. The van der Waals surface area contributed by atoms with Crippen LogP contribution in [0, 0.1) is 5.92 Å². The van der Waals surface area contributed by atoms with Crippen molar-refractivity contribution in [1.29, 1.82) is 0 Å². The summed E-state index contributed by atoms with van der Waals surface area (Å²) in [7, 11) is 1.99. The van der Waals surface area contributed by atoms with Crippen molar-refractivity contribution < 1.29 is 14.3 Å². The zero-order valence-electron chi connectivity index (χ0n) is 14.2. The Bertz CT molecular complexity index is 324. The van der Waals surface area contributed by atoms with Crippen LogP contribution >= 0.6 is 0 Å². The maximum atomic E-state index is 12.4. The maximum Gasteiger partial charge on any atom is 0.251 e. The third-order valence-corrected chi connectivity index (χ3v) is 4.88. The van der Waals surface area contributed by atoms with Gasteiger partial charge in [-0.25, -0.2) is 0 Å². The van der Waals surface area contributed by atoms with Crippen LogP contribution in [0.1, 0.15) is 45.4 Å². The van der Waals surface area contributed by atoms with Gasteiger partial charge in [0.1, 0.15) is 6.10 Å². The van der Waals surface area contributed by atoms with Gasteiger partial charge in [0.25, 0.3) is 5.91 Å². The lowest BCUT2D eigenvalue weighted by Crippen LogP contribution is -2.44. The second kappa shape index (κ2) is 9.48. The minimum Gasteiger partial charge on any atom is -0.376 e. The molecule has 2 atom stereocenters. The van der Waals surface area contributed by atoms with Gasteiger partial charge in [0.2, 0.25) is 0 Å². The zero-order valence-corrected chi connectivity index (χ0v) is 14.2. The van der Waals surface area contributed by atoms with E-state index in [0.717, 1.165) is 57.8 Å². The van der Waals surface area contributed by atoms with Crippen LogP contribution in [0.15, 0.2) is 0 Å². The van der Waals surface area contributed by atoms with Crippen molar-refractivity contribution in [3.8, 4) is 0 Å². The summed E-state index contributed by atoms with van der Waals surface area (Å²) >= 11 is 0. The summed E-state index contributed by atoms with van der Waals surface area (Å²) in [5, 5.41) is 3.20. The number of hydrogen-bond acceptors (Lipinski definition) is 4. The molecular weight excluding hydrogens is 280 g/mol. The lowest BCUT2D eigenvalue weighted by atomic mass is 9.93. The van der Waals surface area contributed by atoms with Gasteiger partial charge in [0.05, 0.1) is 12.7 Å². The van der Waals surface area contributed by atoms with Gasteiger partial charge in [0, 0.05) is 19.7 Å². The number of nitrogens with one attached hydrogen (secondary N) is 1. The molecule has 2 saturated heterocycles. The number of amides is 1. The first kappa shape index (κ1) is 17.7. The first-order valence-electron chi connectivity index (χ1n) is 8.87. The van der Waals surface area contributed by atoms with E-state index in [1.807, 2.05) is 18.9 Å². The second-order valence-electron chi connectivity index (χ2n) is 6.63. The highest BCUT2D eigenvalue weighted by molar-refractivity contribution is 5.80.